The van der Waals surface area contributed by atoms with Gasteiger partial charge in [0.2, 0.25) is 5.91 Å². The topological polar surface area (TPSA) is 49.8 Å². The van der Waals surface area contributed by atoms with Crippen molar-refractivity contribution in [3.8, 4) is 0 Å². The van der Waals surface area contributed by atoms with E-state index in [1.807, 2.05) is 0 Å². The molecule has 1 saturated carbocycles. The van der Waals surface area contributed by atoms with Crippen LogP contribution in [0.5, 0.6) is 0 Å². The van der Waals surface area contributed by atoms with Crippen LogP contribution in [0.15, 0.2) is 60.7 Å². The van der Waals surface area contributed by atoms with Crippen LogP contribution < -0.4 is 10.4 Å². The van der Waals surface area contributed by atoms with Crippen molar-refractivity contribution in [2.75, 3.05) is 13.2 Å². The number of aliphatic hydroxyl groups is 1. The average Bonchev–Trinajstić information content (AvgIpc) is 3.27. The van der Waals surface area contributed by atoms with Crippen molar-refractivity contribution in [1.82, 2.24) is 4.90 Å². The number of rotatable bonds is 6. The van der Waals surface area contributed by atoms with Gasteiger partial charge in [-0.2, -0.15) is 0 Å². The standard InChI is InChI=1S/C31H43NO3Si/c1-30(2,3)36(27-14-6-4-7-15-27,28-16-8-5-9-17-28)35-23-25-12-10-20-31(25)21-11-13-26-19-18-24(22-33)29(34)32(26)31/h4-9,14-17,24-26,33H,10-13,18-23H2,1-3H3/t24?,25-,26-,31+/m1/s1. The first-order valence-electron chi connectivity index (χ1n) is 14.0. The molecule has 0 aromatic heterocycles. The van der Waals surface area contributed by atoms with Crippen molar-refractivity contribution in [3.05, 3.63) is 60.7 Å². The molecule has 1 N–H and O–H groups in total. The smallest absolute Gasteiger partial charge is 0.261 e. The second kappa shape index (κ2) is 10.1. The first kappa shape index (κ1) is 25.7. The van der Waals surface area contributed by atoms with Crippen LogP contribution >= 0.6 is 0 Å². The van der Waals surface area contributed by atoms with Gasteiger partial charge in [0.05, 0.1) is 12.5 Å². The van der Waals surface area contributed by atoms with Crippen molar-refractivity contribution in [2.24, 2.45) is 11.8 Å². The summed E-state index contributed by atoms with van der Waals surface area (Å²) in [4.78, 5) is 15.9. The summed E-state index contributed by atoms with van der Waals surface area (Å²) in [5.74, 6) is 0.309. The Bertz CT molecular complexity index is 997. The maximum absolute atomic E-state index is 13.6. The Balaban J connectivity index is 1.52. The monoisotopic (exact) mass is 505 g/mol. The molecule has 1 spiro atoms. The maximum Gasteiger partial charge on any atom is 0.261 e. The van der Waals surface area contributed by atoms with Crippen LogP contribution in [0.3, 0.4) is 0 Å². The van der Waals surface area contributed by atoms with Crippen molar-refractivity contribution in [2.45, 2.75) is 88.8 Å². The Morgan fingerprint density at radius 2 is 1.50 bits per heavy atom. The lowest BCUT2D eigenvalue weighted by Gasteiger charge is -2.56. The predicted octanol–water partition coefficient (Wildman–Crippen LogP) is 4.89. The number of benzene rings is 2. The SMILES string of the molecule is CC(C)(C)[Si](OC[C@H]1CCC[C@]12CCC[C@@H]1CCC(CO)C(=O)N12)(c1ccccc1)c1ccccc1. The first-order chi connectivity index (χ1) is 17.3. The normalized spacial score (nSPS) is 28.9. The predicted molar refractivity (Wildman–Crippen MR) is 148 cm³/mol. The lowest BCUT2D eigenvalue weighted by Crippen LogP contribution is -2.68. The van der Waals surface area contributed by atoms with Crippen LogP contribution in [0, 0.1) is 11.8 Å². The molecule has 3 fully saturated rings. The third-order valence-electron chi connectivity index (χ3n) is 9.49. The molecule has 2 aliphatic heterocycles. The molecular formula is C31H43NO3Si. The van der Waals surface area contributed by atoms with Gasteiger partial charge < -0.3 is 14.4 Å². The largest absolute Gasteiger partial charge is 0.407 e. The Morgan fingerprint density at radius 1 is 0.917 bits per heavy atom. The Kier molecular flexibility index (Phi) is 7.19. The highest BCUT2D eigenvalue weighted by atomic mass is 28.4. The molecule has 36 heavy (non-hydrogen) atoms. The Hall–Kier alpha value is -1.95. The summed E-state index contributed by atoms with van der Waals surface area (Å²) in [5, 5.41) is 12.5. The third kappa shape index (κ3) is 4.17. The zero-order chi connectivity index (χ0) is 25.4. The lowest BCUT2D eigenvalue weighted by atomic mass is 9.72. The van der Waals surface area contributed by atoms with Crippen molar-refractivity contribution < 1.29 is 14.3 Å². The van der Waals surface area contributed by atoms with E-state index in [4.69, 9.17) is 4.43 Å². The molecule has 4 atom stereocenters. The molecule has 5 rings (SSSR count). The van der Waals surface area contributed by atoms with E-state index >= 15 is 0 Å². The fourth-order valence-electron chi connectivity index (χ4n) is 7.81. The minimum atomic E-state index is -2.62. The zero-order valence-corrected chi connectivity index (χ0v) is 23.3. The van der Waals surface area contributed by atoms with Crippen molar-refractivity contribution in [1.29, 1.82) is 0 Å². The van der Waals surface area contributed by atoms with Crippen LogP contribution in [-0.4, -0.2) is 49.0 Å². The summed E-state index contributed by atoms with van der Waals surface area (Å²) in [6, 6.07) is 22.1. The van der Waals surface area contributed by atoms with E-state index in [0.29, 0.717) is 18.6 Å². The van der Waals surface area contributed by atoms with Gasteiger partial charge in [-0.15, -0.1) is 0 Å². The van der Waals surface area contributed by atoms with Gasteiger partial charge >= 0.3 is 0 Å². The van der Waals surface area contributed by atoms with Gasteiger partial charge in [0.1, 0.15) is 0 Å². The number of hydrogen-bond donors (Lipinski definition) is 1. The van der Waals surface area contributed by atoms with E-state index in [2.05, 4.69) is 86.3 Å². The molecule has 0 bridgehead atoms. The molecule has 2 saturated heterocycles. The fraction of sp³-hybridized carbons (Fsp3) is 0.581. The van der Waals surface area contributed by atoms with Gasteiger partial charge in [0.15, 0.2) is 0 Å². The number of hydrogen-bond acceptors (Lipinski definition) is 3. The second-order valence-corrected chi connectivity index (χ2v) is 16.7. The zero-order valence-electron chi connectivity index (χ0n) is 22.3. The average molecular weight is 506 g/mol. The van der Waals surface area contributed by atoms with Gasteiger partial charge in [0, 0.05) is 24.1 Å². The third-order valence-corrected chi connectivity index (χ3v) is 14.5. The minimum absolute atomic E-state index is 0.0264. The molecule has 194 valence electrons. The molecule has 1 amide bonds. The van der Waals surface area contributed by atoms with Gasteiger partial charge in [-0.05, 0) is 60.4 Å². The van der Waals surface area contributed by atoms with Crippen LogP contribution in [0.2, 0.25) is 5.04 Å². The Morgan fingerprint density at radius 3 is 2.06 bits per heavy atom. The van der Waals surface area contributed by atoms with E-state index in [1.54, 1.807) is 0 Å². The molecule has 1 aliphatic carbocycles. The van der Waals surface area contributed by atoms with E-state index in [1.165, 1.54) is 16.8 Å². The maximum atomic E-state index is 13.6. The van der Waals surface area contributed by atoms with Crippen molar-refractivity contribution in [3.63, 3.8) is 0 Å². The molecule has 2 aromatic rings. The number of piperidine rings is 2. The van der Waals surface area contributed by atoms with Crippen molar-refractivity contribution >= 4 is 24.6 Å². The highest BCUT2D eigenvalue weighted by molar-refractivity contribution is 6.99. The highest BCUT2D eigenvalue weighted by Crippen LogP contribution is 2.51. The lowest BCUT2D eigenvalue weighted by molar-refractivity contribution is -0.160. The summed E-state index contributed by atoms with van der Waals surface area (Å²) < 4.78 is 7.40. The number of carbonyl (C=O) groups is 1. The van der Waals surface area contributed by atoms with E-state index in [0.717, 1.165) is 44.9 Å². The minimum Gasteiger partial charge on any atom is -0.407 e. The number of fused-ring (bicyclic) bond motifs is 2. The van der Waals surface area contributed by atoms with E-state index < -0.39 is 8.32 Å². The number of carbonyl (C=O) groups excluding carboxylic acids is 1. The number of aliphatic hydroxyl groups excluding tert-OH is 1. The van der Waals surface area contributed by atoms with Crippen LogP contribution in [-0.2, 0) is 9.22 Å². The van der Waals surface area contributed by atoms with Gasteiger partial charge in [-0.25, -0.2) is 0 Å². The van der Waals surface area contributed by atoms with Gasteiger partial charge in [-0.3, -0.25) is 4.79 Å². The highest BCUT2D eigenvalue weighted by Gasteiger charge is 2.57. The van der Waals surface area contributed by atoms with Crippen LogP contribution in [0.25, 0.3) is 0 Å². The summed E-state index contributed by atoms with van der Waals surface area (Å²) in [7, 11) is -2.62. The van der Waals surface area contributed by atoms with E-state index in [9.17, 15) is 9.90 Å². The van der Waals surface area contributed by atoms with Gasteiger partial charge in [0.25, 0.3) is 8.32 Å². The van der Waals surface area contributed by atoms with Crippen LogP contribution in [0.4, 0.5) is 0 Å². The quantitative estimate of drug-likeness (QED) is 0.569. The molecule has 1 unspecified atom stereocenters. The molecular weight excluding hydrogens is 462 g/mol. The summed E-state index contributed by atoms with van der Waals surface area (Å²) >= 11 is 0. The molecule has 5 heteroatoms. The molecule has 3 aliphatic rings. The summed E-state index contributed by atoms with van der Waals surface area (Å²) in [6.07, 6.45) is 8.55. The molecule has 2 heterocycles. The molecule has 0 radical (unpaired) electrons. The van der Waals surface area contributed by atoms with Gasteiger partial charge in [-0.1, -0.05) is 87.9 Å². The fourth-order valence-corrected chi connectivity index (χ4v) is 12.4. The van der Waals surface area contributed by atoms with Crippen LogP contribution in [0.1, 0.15) is 72.1 Å². The summed E-state index contributed by atoms with van der Waals surface area (Å²) in [6.45, 7) is 7.66. The Labute approximate surface area is 218 Å². The second-order valence-electron chi connectivity index (χ2n) is 12.4. The molecule has 4 nitrogen and oxygen atoms in total. The summed E-state index contributed by atoms with van der Waals surface area (Å²) in [5.41, 5.74) is -0.112. The first-order valence-corrected chi connectivity index (χ1v) is 15.9. The number of nitrogens with zero attached hydrogens (tertiary/aromatic N) is 1. The number of amides is 1. The molecule has 2 aromatic carbocycles. The van der Waals surface area contributed by atoms with E-state index in [-0.39, 0.29) is 29.0 Å².